The van der Waals surface area contributed by atoms with Crippen molar-refractivity contribution in [1.29, 1.82) is 5.41 Å². The lowest BCUT2D eigenvalue weighted by Crippen LogP contribution is -2.13. The molecule has 1 aliphatic rings. The molecular formula is C13H20F3N. The molecule has 1 N–H and O–H groups in total. The second-order valence-electron chi connectivity index (χ2n) is 5.32. The molecule has 0 aliphatic heterocycles. The van der Waals surface area contributed by atoms with Crippen LogP contribution in [0.25, 0.3) is 0 Å². The van der Waals surface area contributed by atoms with Crippen LogP contribution in [0.1, 0.15) is 33.6 Å². The van der Waals surface area contributed by atoms with E-state index in [1.807, 2.05) is 6.92 Å². The Morgan fingerprint density at radius 1 is 1.29 bits per heavy atom. The maximum Gasteiger partial charge on any atom is 0.417 e. The second kappa shape index (κ2) is 5.23. The average molecular weight is 247 g/mol. The lowest BCUT2D eigenvalue weighted by atomic mass is 9.96. The highest BCUT2D eigenvalue weighted by atomic mass is 19.4. The molecule has 0 spiro atoms. The first-order chi connectivity index (χ1) is 7.77. The predicted octanol–water partition coefficient (Wildman–Crippen LogP) is 4.44. The summed E-state index contributed by atoms with van der Waals surface area (Å²) in [6.45, 7) is 6.32. The van der Waals surface area contributed by atoms with Gasteiger partial charge in [0.1, 0.15) is 0 Å². The highest BCUT2D eigenvalue weighted by molar-refractivity contribution is 5.77. The van der Waals surface area contributed by atoms with E-state index in [9.17, 15) is 13.2 Å². The van der Waals surface area contributed by atoms with Crippen molar-refractivity contribution >= 4 is 6.21 Å². The van der Waals surface area contributed by atoms with Crippen LogP contribution in [0.5, 0.6) is 0 Å². The first kappa shape index (κ1) is 14.3. The number of nitrogens with one attached hydrogen (secondary N) is 1. The Morgan fingerprint density at radius 3 is 2.24 bits per heavy atom. The van der Waals surface area contributed by atoms with Crippen LogP contribution in [0.3, 0.4) is 0 Å². The molecule has 0 bridgehead atoms. The van der Waals surface area contributed by atoms with E-state index in [1.54, 1.807) is 0 Å². The maximum atomic E-state index is 12.4. The molecule has 0 heterocycles. The number of alkyl halides is 3. The van der Waals surface area contributed by atoms with E-state index in [2.05, 4.69) is 13.8 Å². The number of halogens is 3. The van der Waals surface area contributed by atoms with Gasteiger partial charge in [-0.1, -0.05) is 26.8 Å². The van der Waals surface area contributed by atoms with E-state index in [-0.39, 0.29) is 5.92 Å². The molecule has 3 atom stereocenters. The number of rotatable bonds is 5. The van der Waals surface area contributed by atoms with Gasteiger partial charge in [-0.05, 0) is 36.5 Å². The van der Waals surface area contributed by atoms with E-state index < -0.39 is 11.7 Å². The first-order valence-corrected chi connectivity index (χ1v) is 6.05. The van der Waals surface area contributed by atoms with Gasteiger partial charge in [-0.3, -0.25) is 0 Å². The molecule has 17 heavy (non-hydrogen) atoms. The molecule has 1 fully saturated rings. The Morgan fingerprint density at radius 2 is 1.88 bits per heavy atom. The molecule has 1 rings (SSSR count). The van der Waals surface area contributed by atoms with E-state index in [1.165, 1.54) is 0 Å². The van der Waals surface area contributed by atoms with Gasteiger partial charge in [-0.2, -0.15) is 13.2 Å². The minimum atomic E-state index is -4.39. The van der Waals surface area contributed by atoms with Crippen molar-refractivity contribution in [1.82, 2.24) is 0 Å². The third-order valence-electron chi connectivity index (χ3n) is 3.67. The third kappa shape index (κ3) is 3.86. The smallest absolute Gasteiger partial charge is 0.308 e. The molecule has 1 unspecified atom stereocenters. The van der Waals surface area contributed by atoms with Crippen molar-refractivity contribution in [3.8, 4) is 0 Å². The number of hydrogen-bond donors (Lipinski definition) is 1. The Labute approximate surface area is 101 Å². The zero-order chi connectivity index (χ0) is 13.2. The summed E-state index contributed by atoms with van der Waals surface area (Å²) < 4.78 is 37.1. The van der Waals surface area contributed by atoms with Crippen molar-refractivity contribution < 1.29 is 13.2 Å². The van der Waals surface area contributed by atoms with Crippen LogP contribution >= 0.6 is 0 Å². The molecule has 4 heteroatoms. The van der Waals surface area contributed by atoms with Gasteiger partial charge >= 0.3 is 6.18 Å². The molecule has 0 saturated heterocycles. The zero-order valence-corrected chi connectivity index (χ0v) is 10.5. The monoisotopic (exact) mass is 247 g/mol. The Hall–Kier alpha value is -0.800. The fraction of sp³-hybridized carbons (Fsp3) is 0.769. The summed E-state index contributed by atoms with van der Waals surface area (Å²) >= 11 is 0. The van der Waals surface area contributed by atoms with Crippen molar-refractivity contribution in [3.05, 3.63) is 11.6 Å². The second-order valence-corrected chi connectivity index (χ2v) is 5.32. The lowest BCUT2D eigenvalue weighted by Gasteiger charge is -2.12. The van der Waals surface area contributed by atoms with Gasteiger partial charge in [0.05, 0.1) is 5.57 Å². The molecule has 0 aromatic rings. The van der Waals surface area contributed by atoms with E-state index in [0.717, 1.165) is 12.5 Å². The minimum Gasteiger partial charge on any atom is -0.308 e. The SMILES string of the molecule is CC(C)[C@H]1C[C@@H]1C(C)C/C=C(\C=N)C(F)(F)F. The average Bonchev–Trinajstić information content (AvgIpc) is 2.95. The Kier molecular flexibility index (Phi) is 4.39. The van der Waals surface area contributed by atoms with Crippen LogP contribution in [0.4, 0.5) is 13.2 Å². The first-order valence-electron chi connectivity index (χ1n) is 6.05. The molecule has 1 aliphatic carbocycles. The quantitative estimate of drug-likeness (QED) is 0.694. The van der Waals surface area contributed by atoms with Crippen LogP contribution in [-0.2, 0) is 0 Å². The van der Waals surface area contributed by atoms with Gasteiger partial charge in [0.15, 0.2) is 0 Å². The van der Waals surface area contributed by atoms with Crippen LogP contribution in [-0.4, -0.2) is 12.4 Å². The Bertz CT molecular complexity index is 304. The summed E-state index contributed by atoms with van der Waals surface area (Å²) in [5.41, 5.74) is -0.828. The van der Waals surface area contributed by atoms with Crippen molar-refractivity contribution in [2.75, 3.05) is 0 Å². The number of allylic oxidation sites excluding steroid dienone is 2. The van der Waals surface area contributed by atoms with E-state index in [4.69, 9.17) is 5.41 Å². The predicted molar refractivity (Wildman–Crippen MR) is 63.1 cm³/mol. The summed E-state index contributed by atoms with van der Waals surface area (Å²) in [6.07, 6.45) is -1.27. The van der Waals surface area contributed by atoms with Crippen molar-refractivity contribution in [2.45, 2.75) is 39.8 Å². The summed E-state index contributed by atoms with van der Waals surface area (Å²) in [5, 5.41) is 6.78. The largest absolute Gasteiger partial charge is 0.417 e. The summed E-state index contributed by atoms with van der Waals surface area (Å²) in [6, 6.07) is 0. The normalized spacial score (nSPS) is 27.1. The standard InChI is InChI=1S/C13H20F3N/c1-8(2)11-6-12(11)9(3)4-5-10(7-17)13(14,15)16/h5,7-9,11-12,17H,4,6H2,1-3H3/b10-5+,17-7?/t9?,11-,12-/m1/s1. The van der Waals surface area contributed by atoms with Crippen LogP contribution < -0.4 is 0 Å². The molecule has 1 saturated carbocycles. The fourth-order valence-corrected chi connectivity index (χ4v) is 2.40. The van der Waals surface area contributed by atoms with E-state index >= 15 is 0 Å². The highest BCUT2D eigenvalue weighted by Gasteiger charge is 2.42. The molecular weight excluding hydrogens is 227 g/mol. The van der Waals surface area contributed by atoms with Gasteiger partial charge in [-0.25, -0.2) is 0 Å². The zero-order valence-electron chi connectivity index (χ0n) is 10.5. The molecule has 0 amide bonds. The van der Waals surface area contributed by atoms with Crippen LogP contribution in [0.15, 0.2) is 11.6 Å². The maximum absolute atomic E-state index is 12.4. The fourth-order valence-electron chi connectivity index (χ4n) is 2.40. The van der Waals surface area contributed by atoms with E-state index in [0.29, 0.717) is 30.4 Å². The number of hydrogen-bond acceptors (Lipinski definition) is 1. The molecule has 0 aromatic heterocycles. The van der Waals surface area contributed by atoms with Crippen LogP contribution in [0.2, 0.25) is 0 Å². The summed E-state index contributed by atoms with van der Waals surface area (Å²) in [7, 11) is 0. The highest BCUT2D eigenvalue weighted by Crippen LogP contribution is 2.49. The van der Waals surface area contributed by atoms with Gasteiger partial charge in [0.25, 0.3) is 0 Å². The summed E-state index contributed by atoms with van der Waals surface area (Å²) in [5.74, 6) is 2.13. The van der Waals surface area contributed by atoms with Crippen molar-refractivity contribution in [3.63, 3.8) is 0 Å². The topological polar surface area (TPSA) is 23.9 Å². The third-order valence-corrected chi connectivity index (χ3v) is 3.67. The van der Waals surface area contributed by atoms with Crippen LogP contribution in [0, 0.1) is 29.1 Å². The molecule has 0 radical (unpaired) electrons. The van der Waals surface area contributed by atoms with Gasteiger partial charge in [-0.15, -0.1) is 0 Å². The molecule has 0 aromatic carbocycles. The van der Waals surface area contributed by atoms with Crippen molar-refractivity contribution in [2.24, 2.45) is 23.7 Å². The Balaban J connectivity index is 2.50. The van der Waals surface area contributed by atoms with Gasteiger partial charge < -0.3 is 5.41 Å². The molecule has 98 valence electrons. The summed E-state index contributed by atoms with van der Waals surface area (Å²) in [4.78, 5) is 0. The minimum absolute atomic E-state index is 0.277. The van der Waals surface area contributed by atoms with Gasteiger partial charge in [0.2, 0.25) is 0 Å². The molecule has 1 nitrogen and oxygen atoms in total. The lowest BCUT2D eigenvalue weighted by molar-refractivity contribution is -0.0859. The van der Waals surface area contributed by atoms with Gasteiger partial charge in [0, 0.05) is 6.21 Å².